The van der Waals surface area contributed by atoms with E-state index in [-0.39, 0.29) is 44.1 Å². The molecule has 352 valence electrons. The Morgan fingerprint density at radius 2 is 1.63 bits per heavy atom. The third-order valence-corrected chi connectivity index (χ3v) is 13.0. The van der Waals surface area contributed by atoms with Gasteiger partial charge in [0.1, 0.15) is 41.5 Å². The smallest absolute Gasteiger partial charge is 0.422 e. The summed E-state index contributed by atoms with van der Waals surface area (Å²) in [6.45, 7) is 3.02. The molecule has 8 rings (SSSR count). The summed E-state index contributed by atoms with van der Waals surface area (Å²) in [4.78, 5) is 77.2. The van der Waals surface area contributed by atoms with E-state index < -0.39 is 108 Å². The fraction of sp³-hybridized carbons (Fsp3) is 0.596. The van der Waals surface area contributed by atoms with Crippen LogP contribution in [0.1, 0.15) is 82.4 Å². The molecule has 0 spiro atoms. The van der Waals surface area contributed by atoms with Crippen LogP contribution >= 0.6 is 0 Å². The van der Waals surface area contributed by atoms with Crippen molar-refractivity contribution in [3.8, 4) is 0 Å². The molecule has 18 heteroatoms. The predicted octanol–water partition coefficient (Wildman–Crippen LogP) is 4.57. The number of benzene rings is 2. The van der Waals surface area contributed by atoms with Crippen molar-refractivity contribution in [2.75, 3.05) is 20.3 Å². The lowest BCUT2D eigenvalue weighted by atomic mass is 9.62. The van der Waals surface area contributed by atoms with E-state index in [0.29, 0.717) is 11.1 Å². The van der Waals surface area contributed by atoms with Crippen LogP contribution in [-0.4, -0.2) is 125 Å². The van der Waals surface area contributed by atoms with Crippen LogP contribution in [0.4, 0.5) is 13.2 Å². The third-order valence-electron chi connectivity index (χ3n) is 13.0. The van der Waals surface area contributed by atoms with E-state index in [2.05, 4.69) is 10.1 Å². The van der Waals surface area contributed by atoms with E-state index in [1.807, 2.05) is 30.3 Å². The number of nitrogens with zero attached hydrogens (tertiary/aromatic N) is 2. The number of aliphatic hydroxyl groups excluding tert-OH is 1. The first-order valence-electron chi connectivity index (χ1n) is 22.2. The molecule has 3 aliphatic heterocycles. The van der Waals surface area contributed by atoms with Crippen molar-refractivity contribution < 1.29 is 70.8 Å². The van der Waals surface area contributed by atoms with Crippen LogP contribution in [0.25, 0.3) is 6.08 Å². The monoisotopic (exact) mass is 911 g/mol. The minimum Gasteiger partial charge on any atom is -0.460 e. The molecule has 65 heavy (non-hydrogen) atoms. The van der Waals surface area contributed by atoms with Gasteiger partial charge < -0.3 is 39.0 Å². The zero-order valence-corrected chi connectivity index (χ0v) is 36.8. The highest BCUT2D eigenvalue weighted by molar-refractivity contribution is 5.96. The van der Waals surface area contributed by atoms with Crippen LogP contribution < -0.4 is 5.32 Å². The Bertz CT molecular complexity index is 2130. The van der Waals surface area contributed by atoms with Crippen LogP contribution in [0.15, 0.2) is 60.7 Å². The topological polar surface area (TPSA) is 179 Å². The lowest BCUT2D eigenvalue weighted by Gasteiger charge is -2.50. The van der Waals surface area contributed by atoms with Crippen molar-refractivity contribution in [1.82, 2.24) is 15.3 Å². The zero-order chi connectivity index (χ0) is 46.5. The van der Waals surface area contributed by atoms with Crippen LogP contribution in [0.5, 0.6) is 0 Å². The van der Waals surface area contributed by atoms with Crippen LogP contribution in [0.3, 0.4) is 0 Å². The molecular weight excluding hydrogens is 856 g/mol. The van der Waals surface area contributed by atoms with E-state index in [9.17, 15) is 37.5 Å². The van der Waals surface area contributed by atoms with Gasteiger partial charge >= 0.3 is 24.1 Å². The fourth-order valence-corrected chi connectivity index (χ4v) is 9.83. The second-order valence-electron chi connectivity index (χ2n) is 19.1. The van der Waals surface area contributed by atoms with E-state index in [1.165, 1.54) is 23.1 Å². The Labute approximate surface area is 374 Å². The third kappa shape index (κ3) is 9.97. The minimum atomic E-state index is -4.66. The average Bonchev–Trinajstić information content (AvgIpc) is 4.21. The molecule has 2 aromatic rings. The largest absolute Gasteiger partial charge is 0.460 e. The number of nitrogens with one attached hydrogen (secondary N) is 1. The van der Waals surface area contributed by atoms with Crippen molar-refractivity contribution >= 4 is 35.8 Å². The maximum absolute atomic E-state index is 15.7. The number of carbonyl (C=O) groups is 5. The number of alkyl halides is 3. The number of esters is 3. The first-order valence-corrected chi connectivity index (χ1v) is 22.2. The minimum absolute atomic E-state index is 0.0182. The van der Waals surface area contributed by atoms with E-state index >= 15 is 4.79 Å². The van der Waals surface area contributed by atoms with Crippen molar-refractivity contribution in [3.63, 3.8) is 0 Å². The number of likely N-dealkylation sites (N-methyl/N-ethyl adjacent to an activating group) is 1. The number of carbonyl (C=O) groups excluding carboxylic acids is 5. The van der Waals surface area contributed by atoms with Gasteiger partial charge in [0.05, 0.1) is 19.2 Å². The fourth-order valence-electron chi connectivity index (χ4n) is 9.83. The number of hydroxylamine groups is 2. The Morgan fingerprint density at radius 3 is 2.25 bits per heavy atom. The molecule has 8 atom stereocenters. The lowest BCUT2D eigenvalue weighted by molar-refractivity contribution is -0.235. The maximum atomic E-state index is 15.7. The van der Waals surface area contributed by atoms with Gasteiger partial charge in [0.2, 0.25) is 11.8 Å². The van der Waals surface area contributed by atoms with Crippen LogP contribution in [0, 0.1) is 17.3 Å². The maximum Gasteiger partial charge on any atom is 0.422 e. The molecular formula is C47H56F3N3O12. The molecule has 3 heterocycles. The molecule has 2 aromatic carbocycles. The van der Waals surface area contributed by atoms with E-state index in [0.717, 1.165) is 37.3 Å². The summed E-state index contributed by atoms with van der Waals surface area (Å²) in [7, 11) is 1.51. The molecule has 2 bridgehead atoms. The highest BCUT2D eigenvalue weighted by Gasteiger charge is 2.78. The van der Waals surface area contributed by atoms with Gasteiger partial charge in [0.25, 0.3) is 0 Å². The quantitative estimate of drug-likeness (QED) is 0.128. The molecule has 15 nitrogen and oxygen atoms in total. The van der Waals surface area contributed by atoms with E-state index in [1.54, 1.807) is 45.0 Å². The summed E-state index contributed by atoms with van der Waals surface area (Å²) in [5.41, 5.74) is -0.494. The second kappa shape index (κ2) is 18.1. The molecule has 2 N–H and O–H groups in total. The van der Waals surface area contributed by atoms with Crippen molar-refractivity contribution in [1.29, 1.82) is 0 Å². The SMILES string of the molecule is CN(C(=O)C12CC3OC(=O)C1N(Cc1ccc(C=CC(=O)OCC(F)(F)F)cc1)OC2C1OC(C2CC2)(C2CC2)OC31)C(Cc1ccccc1)C(=O)NC(CO)CCC(=O)OC(C)(C)C. The molecule has 3 saturated carbocycles. The Hall–Kier alpha value is -4.88. The number of aliphatic hydroxyl groups is 1. The Balaban J connectivity index is 1.09. The first kappa shape index (κ1) is 46.6. The van der Waals surface area contributed by atoms with Crippen molar-refractivity contribution in [3.05, 3.63) is 77.4 Å². The number of rotatable bonds is 17. The van der Waals surface area contributed by atoms with Gasteiger partial charge in [-0.25, -0.2) is 4.79 Å². The zero-order valence-electron chi connectivity index (χ0n) is 36.8. The summed E-state index contributed by atoms with van der Waals surface area (Å²) in [6, 6.07) is 12.5. The van der Waals surface area contributed by atoms with Gasteiger partial charge in [-0.2, -0.15) is 18.2 Å². The highest BCUT2D eigenvalue weighted by Crippen LogP contribution is 2.64. The number of ether oxygens (including phenoxy) is 5. The summed E-state index contributed by atoms with van der Waals surface area (Å²) in [6.07, 6.45) is -2.15. The summed E-state index contributed by atoms with van der Waals surface area (Å²) < 4.78 is 67.2. The normalized spacial score (nSPS) is 27.9. The molecule has 0 aromatic heterocycles. The lowest BCUT2D eigenvalue weighted by Crippen LogP contribution is -2.70. The number of amides is 2. The predicted molar refractivity (Wildman–Crippen MR) is 222 cm³/mol. The summed E-state index contributed by atoms with van der Waals surface area (Å²) in [5.74, 6) is -4.09. The summed E-state index contributed by atoms with van der Waals surface area (Å²) in [5, 5.41) is 14.6. The Morgan fingerprint density at radius 1 is 0.969 bits per heavy atom. The first-order chi connectivity index (χ1) is 30.8. The molecule has 2 amide bonds. The second-order valence-corrected chi connectivity index (χ2v) is 19.1. The van der Waals surface area contributed by atoms with E-state index in [4.69, 9.17) is 23.8 Å². The van der Waals surface area contributed by atoms with Gasteiger partial charge in [-0.05, 0) is 75.6 Å². The van der Waals surface area contributed by atoms with Crippen molar-refractivity contribution in [2.45, 2.75) is 139 Å². The van der Waals surface area contributed by atoms with Gasteiger partial charge in [-0.1, -0.05) is 54.6 Å². The number of halogens is 3. The van der Waals surface area contributed by atoms with Crippen LogP contribution in [0.2, 0.25) is 0 Å². The van der Waals surface area contributed by atoms with Gasteiger partial charge in [-0.3, -0.25) is 24.0 Å². The average molecular weight is 912 g/mol. The molecule has 3 aliphatic carbocycles. The van der Waals surface area contributed by atoms with Crippen molar-refractivity contribution in [2.24, 2.45) is 17.3 Å². The van der Waals surface area contributed by atoms with Crippen LogP contribution in [-0.2, 0) is 65.5 Å². The molecule has 6 fully saturated rings. The highest BCUT2D eigenvalue weighted by atomic mass is 19.4. The van der Waals surface area contributed by atoms with Gasteiger partial charge in [0.15, 0.2) is 18.4 Å². The Kier molecular flexibility index (Phi) is 13.0. The molecule has 3 saturated heterocycles. The number of hydrogen-bond donors (Lipinski definition) is 2. The summed E-state index contributed by atoms with van der Waals surface area (Å²) >= 11 is 0. The van der Waals surface area contributed by atoms with Gasteiger partial charge in [-0.15, -0.1) is 0 Å². The number of fused-ring (bicyclic) bond motifs is 4. The molecule has 8 unspecified atom stereocenters. The number of hydrogen-bond acceptors (Lipinski definition) is 13. The molecule has 0 radical (unpaired) electrons. The molecule has 6 aliphatic rings. The van der Waals surface area contributed by atoms with Gasteiger partial charge in [0, 0.05) is 44.2 Å². The standard InChI is InChI=1S/C47H56F3N3O12/c1-44(2,3)62-36(56)21-19-32(25-54)51-41(57)33(22-28-8-6-5-7-9-28)52(4)43(59)45-23-34-37-38(64-47(63-37,30-15-16-30)31-17-18-31)40(45)65-53(39(45)42(58)61-34)24-29-12-10-27(11-13-29)14-20-35(55)60-26-46(48,49)50/h5-14,20,30-34,37-40,54H,15-19,21-26H2,1-4H3,(H,51,57).